The molecule has 0 aromatic heterocycles. The van der Waals surface area contributed by atoms with E-state index >= 15 is 0 Å². The minimum absolute atomic E-state index is 0.0633. The lowest BCUT2D eigenvalue weighted by atomic mass is 10.1. The quantitative estimate of drug-likeness (QED) is 0.385. The van der Waals surface area contributed by atoms with Crippen LogP contribution in [-0.4, -0.2) is 25.2 Å². The summed E-state index contributed by atoms with van der Waals surface area (Å²) in [7, 11) is -4.23. The fourth-order valence-electron chi connectivity index (χ4n) is 2.81. The van der Waals surface area contributed by atoms with Gasteiger partial charge in [0, 0.05) is 17.7 Å². The monoisotopic (exact) mass is 454 g/mol. The van der Waals surface area contributed by atoms with Crippen LogP contribution in [0, 0.1) is 17.0 Å². The maximum absolute atomic E-state index is 12.7. The second-order valence-electron chi connectivity index (χ2n) is 6.63. The summed E-state index contributed by atoms with van der Waals surface area (Å²) in [5, 5.41) is 10.9. The molecule has 0 heterocycles. The molecule has 0 aliphatic heterocycles. The average molecular weight is 454 g/mol. The van der Waals surface area contributed by atoms with Crippen LogP contribution >= 0.6 is 0 Å². The Bertz CT molecular complexity index is 1310. The molecule has 0 saturated carbocycles. The first-order valence-corrected chi connectivity index (χ1v) is 10.7. The second-order valence-corrected chi connectivity index (χ2v) is 8.31. The zero-order valence-electron chi connectivity index (χ0n) is 16.7. The molecule has 0 atom stereocenters. The van der Waals surface area contributed by atoms with Gasteiger partial charge in [-0.1, -0.05) is 36.4 Å². The number of nitrogens with one attached hydrogen (secondary N) is 3. The van der Waals surface area contributed by atoms with Crippen molar-refractivity contribution in [2.75, 3.05) is 4.72 Å². The van der Waals surface area contributed by atoms with Crippen LogP contribution in [0.3, 0.4) is 0 Å². The predicted octanol–water partition coefficient (Wildman–Crippen LogP) is 2.78. The molecule has 0 fully saturated rings. The van der Waals surface area contributed by atoms with Crippen LogP contribution in [0.25, 0.3) is 0 Å². The highest BCUT2D eigenvalue weighted by atomic mass is 32.2. The molecule has 3 rings (SSSR count). The van der Waals surface area contributed by atoms with Crippen molar-refractivity contribution >= 4 is 33.2 Å². The van der Waals surface area contributed by atoms with Gasteiger partial charge in [-0.3, -0.25) is 35.3 Å². The van der Waals surface area contributed by atoms with Crippen molar-refractivity contribution in [1.82, 2.24) is 10.9 Å². The number of anilines is 1. The minimum atomic E-state index is -4.23. The van der Waals surface area contributed by atoms with Gasteiger partial charge < -0.3 is 0 Å². The van der Waals surface area contributed by atoms with Gasteiger partial charge in [0.05, 0.1) is 21.1 Å². The van der Waals surface area contributed by atoms with E-state index in [9.17, 15) is 28.1 Å². The number of non-ortho nitro benzene ring substituents is 1. The maximum atomic E-state index is 12.7. The third kappa shape index (κ3) is 5.08. The van der Waals surface area contributed by atoms with Crippen molar-refractivity contribution in [3.8, 4) is 0 Å². The van der Waals surface area contributed by atoms with Gasteiger partial charge in [0.15, 0.2) is 0 Å². The van der Waals surface area contributed by atoms with Crippen LogP contribution < -0.4 is 15.6 Å². The molecule has 0 aliphatic rings. The van der Waals surface area contributed by atoms with E-state index < -0.39 is 32.4 Å². The number of benzene rings is 3. The number of rotatable bonds is 6. The van der Waals surface area contributed by atoms with E-state index in [2.05, 4.69) is 15.6 Å². The SMILES string of the molecule is Cc1ccccc1C(=O)NNC(=O)c1ccccc1NS(=O)(=O)c1cccc([N+](=O)[O-])c1. The normalized spacial score (nSPS) is 10.8. The van der Waals surface area contributed by atoms with Gasteiger partial charge in [-0.05, 0) is 36.8 Å². The summed E-state index contributed by atoms with van der Waals surface area (Å²) < 4.78 is 27.7. The fraction of sp³-hybridized carbons (Fsp3) is 0.0476. The number of amides is 2. The van der Waals surface area contributed by atoms with E-state index in [0.29, 0.717) is 11.1 Å². The minimum Gasteiger partial charge on any atom is -0.279 e. The van der Waals surface area contributed by atoms with Crippen LogP contribution in [0.4, 0.5) is 11.4 Å². The van der Waals surface area contributed by atoms with Crippen molar-refractivity contribution in [2.24, 2.45) is 0 Å². The number of para-hydroxylation sites is 1. The summed E-state index contributed by atoms with van der Waals surface area (Å²) in [5.74, 6) is -1.30. The number of hydrogen-bond donors (Lipinski definition) is 3. The first-order chi connectivity index (χ1) is 15.2. The van der Waals surface area contributed by atoms with Gasteiger partial charge in [0.1, 0.15) is 0 Å². The standard InChI is InChI=1S/C21H18N4O6S/c1-14-7-2-3-10-17(14)20(26)22-23-21(27)18-11-4-5-12-19(18)24-32(30,31)16-9-6-8-15(13-16)25(28)29/h2-13,24H,1H3,(H,22,26)(H,23,27). The first-order valence-electron chi connectivity index (χ1n) is 9.21. The number of nitrogens with zero attached hydrogens (tertiary/aromatic N) is 1. The van der Waals surface area contributed by atoms with E-state index in [1.165, 1.54) is 36.4 Å². The van der Waals surface area contributed by atoms with E-state index in [-0.39, 0.29) is 16.1 Å². The van der Waals surface area contributed by atoms with Gasteiger partial charge in [0.25, 0.3) is 27.5 Å². The molecular weight excluding hydrogens is 436 g/mol. The van der Waals surface area contributed by atoms with Gasteiger partial charge in [-0.2, -0.15) is 0 Å². The number of sulfonamides is 1. The number of carbonyl (C=O) groups excluding carboxylic acids is 2. The lowest BCUT2D eigenvalue weighted by Gasteiger charge is -2.13. The molecule has 32 heavy (non-hydrogen) atoms. The molecule has 11 heteroatoms. The third-order valence-corrected chi connectivity index (χ3v) is 5.80. The number of carbonyl (C=O) groups is 2. The Labute approximate surface area is 183 Å². The molecular formula is C21H18N4O6S. The number of hydrazine groups is 1. The van der Waals surface area contributed by atoms with E-state index in [0.717, 1.165) is 12.1 Å². The zero-order valence-corrected chi connectivity index (χ0v) is 17.5. The molecule has 0 radical (unpaired) electrons. The highest BCUT2D eigenvalue weighted by Gasteiger charge is 2.21. The van der Waals surface area contributed by atoms with E-state index in [1.54, 1.807) is 31.2 Å². The van der Waals surface area contributed by atoms with Crippen LogP contribution in [0.2, 0.25) is 0 Å². The molecule has 3 aromatic rings. The Hall–Kier alpha value is -4.25. The third-order valence-electron chi connectivity index (χ3n) is 4.43. The molecule has 0 unspecified atom stereocenters. The molecule has 2 amide bonds. The fourth-order valence-corrected chi connectivity index (χ4v) is 3.93. The van der Waals surface area contributed by atoms with Crippen molar-refractivity contribution < 1.29 is 22.9 Å². The summed E-state index contributed by atoms with van der Waals surface area (Å²) in [6, 6.07) is 17.0. The summed E-state index contributed by atoms with van der Waals surface area (Å²) >= 11 is 0. The number of aryl methyl sites for hydroxylation is 1. The zero-order chi connectivity index (χ0) is 23.3. The van der Waals surface area contributed by atoms with E-state index in [1.807, 2.05) is 0 Å². The first kappa shape index (κ1) is 22.4. The lowest BCUT2D eigenvalue weighted by Crippen LogP contribution is -2.42. The molecule has 164 valence electrons. The molecule has 10 nitrogen and oxygen atoms in total. The van der Waals surface area contributed by atoms with Crippen LogP contribution in [-0.2, 0) is 10.0 Å². The molecule has 0 bridgehead atoms. The Morgan fingerprint density at radius 2 is 1.44 bits per heavy atom. The summed E-state index contributed by atoms with van der Waals surface area (Å²) in [5.41, 5.74) is 5.10. The lowest BCUT2D eigenvalue weighted by molar-refractivity contribution is -0.385. The highest BCUT2D eigenvalue weighted by Crippen LogP contribution is 2.22. The molecule has 3 aromatic carbocycles. The topological polar surface area (TPSA) is 148 Å². The van der Waals surface area contributed by atoms with Crippen LogP contribution in [0.5, 0.6) is 0 Å². The second kappa shape index (κ2) is 9.27. The van der Waals surface area contributed by atoms with Gasteiger partial charge in [0.2, 0.25) is 0 Å². The Morgan fingerprint density at radius 3 is 2.09 bits per heavy atom. The maximum Gasteiger partial charge on any atom is 0.271 e. The van der Waals surface area contributed by atoms with Crippen LogP contribution in [0.15, 0.2) is 77.7 Å². The average Bonchev–Trinajstić information content (AvgIpc) is 2.77. The molecule has 0 aliphatic carbocycles. The Kier molecular flexibility index (Phi) is 6.50. The predicted molar refractivity (Wildman–Crippen MR) is 116 cm³/mol. The van der Waals surface area contributed by atoms with Gasteiger partial charge in [-0.15, -0.1) is 0 Å². The summed E-state index contributed by atoms with van der Waals surface area (Å²) in [6.07, 6.45) is 0. The van der Waals surface area contributed by atoms with Crippen molar-refractivity contribution in [3.05, 3.63) is 99.6 Å². The van der Waals surface area contributed by atoms with Gasteiger partial charge >= 0.3 is 0 Å². The Balaban J connectivity index is 1.79. The summed E-state index contributed by atoms with van der Waals surface area (Å²) in [6.45, 7) is 1.74. The van der Waals surface area contributed by atoms with Gasteiger partial charge in [-0.25, -0.2) is 8.42 Å². The Morgan fingerprint density at radius 1 is 0.844 bits per heavy atom. The number of hydrogen-bond acceptors (Lipinski definition) is 6. The number of nitro benzene ring substituents is 1. The molecule has 0 saturated heterocycles. The van der Waals surface area contributed by atoms with Crippen LogP contribution in [0.1, 0.15) is 26.3 Å². The highest BCUT2D eigenvalue weighted by molar-refractivity contribution is 7.92. The number of nitro groups is 1. The van der Waals surface area contributed by atoms with E-state index in [4.69, 9.17) is 0 Å². The smallest absolute Gasteiger partial charge is 0.271 e. The van der Waals surface area contributed by atoms with Crippen molar-refractivity contribution in [2.45, 2.75) is 11.8 Å². The van der Waals surface area contributed by atoms with Crippen molar-refractivity contribution in [1.29, 1.82) is 0 Å². The molecule has 0 spiro atoms. The summed E-state index contributed by atoms with van der Waals surface area (Å²) in [4.78, 5) is 34.8. The van der Waals surface area contributed by atoms with Crippen molar-refractivity contribution in [3.63, 3.8) is 0 Å². The molecule has 3 N–H and O–H groups in total. The largest absolute Gasteiger partial charge is 0.279 e.